The summed E-state index contributed by atoms with van der Waals surface area (Å²) in [6.07, 6.45) is 0.343. The number of ether oxygens (including phenoxy) is 2. The zero-order chi connectivity index (χ0) is 36.9. The molecule has 52 heavy (non-hydrogen) atoms. The van der Waals surface area contributed by atoms with Gasteiger partial charge in [-0.2, -0.15) is 0 Å². The number of aliphatic hydroxyl groups is 1. The number of benzene rings is 4. The summed E-state index contributed by atoms with van der Waals surface area (Å²) in [5.74, 6) is -13.4. The molecule has 4 aromatic carbocycles. The van der Waals surface area contributed by atoms with Crippen LogP contribution in [0.1, 0.15) is 61.8 Å². The lowest BCUT2D eigenvalue weighted by atomic mass is 9.99. The monoisotopic (exact) mass is 736 g/mol. The van der Waals surface area contributed by atoms with Crippen LogP contribution in [0.2, 0.25) is 0 Å². The number of thioether (sulfide) groups is 1. The fourth-order valence-electron chi connectivity index (χ4n) is 5.66. The Kier molecular flexibility index (Phi) is 11.3. The van der Waals surface area contributed by atoms with Crippen LogP contribution < -0.4 is 5.32 Å². The summed E-state index contributed by atoms with van der Waals surface area (Å²) < 4.78 is 81.9. The number of pyridine rings is 1. The maximum absolute atomic E-state index is 14.2. The number of nitrogens with one attached hydrogen (secondary N) is 1. The number of aromatic nitrogens is 1. The maximum Gasteiger partial charge on any atom is 0.338 e. The molecule has 1 aliphatic rings. The molecule has 3 N–H and O–H groups in total. The Balaban J connectivity index is 1.21. The lowest BCUT2D eigenvalue weighted by molar-refractivity contribution is -0.245. The van der Waals surface area contributed by atoms with Gasteiger partial charge in [-0.3, -0.25) is 4.79 Å². The Morgan fingerprint density at radius 2 is 1.46 bits per heavy atom. The SMILES string of the molecule is O=C(O)c1cccnc1SC[C@@H]1C[C@H](c2ccc(CO)cc2)O[C@H](c2cccc(-c3cccc(CNC(=O)c4c(F)c(F)c(F)c(F)c4F)c3)c2)O1. The van der Waals surface area contributed by atoms with Gasteiger partial charge in [0.25, 0.3) is 5.91 Å². The predicted molar refractivity (Wildman–Crippen MR) is 180 cm³/mol. The van der Waals surface area contributed by atoms with Crippen molar-refractivity contribution in [1.82, 2.24) is 10.3 Å². The fourth-order valence-corrected chi connectivity index (χ4v) is 6.67. The molecular weight excluding hydrogens is 707 g/mol. The molecular formula is C38H29F5N2O6S. The molecule has 1 aromatic heterocycles. The number of carboxylic acid groups (broad SMARTS) is 1. The van der Waals surface area contributed by atoms with Gasteiger partial charge in [0.1, 0.15) is 10.6 Å². The molecule has 3 atom stereocenters. The molecule has 14 heteroatoms. The molecule has 0 bridgehead atoms. The first-order valence-electron chi connectivity index (χ1n) is 15.8. The van der Waals surface area contributed by atoms with E-state index in [1.54, 1.807) is 48.5 Å². The van der Waals surface area contributed by atoms with Gasteiger partial charge < -0.3 is 25.0 Å². The van der Waals surface area contributed by atoms with Crippen LogP contribution in [0.4, 0.5) is 22.0 Å². The van der Waals surface area contributed by atoms with Crippen molar-refractivity contribution in [3.63, 3.8) is 0 Å². The fraction of sp³-hybridized carbons (Fsp3) is 0.184. The Morgan fingerprint density at radius 1 is 0.788 bits per heavy atom. The number of amides is 1. The van der Waals surface area contributed by atoms with E-state index >= 15 is 0 Å². The predicted octanol–water partition coefficient (Wildman–Crippen LogP) is 7.90. The van der Waals surface area contributed by atoms with Gasteiger partial charge in [0.15, 0.2) is 29.6 Å². The standard InChI is InChI=1S/C38H29F5N2O6S/c39-30-29(31(40)33(42)34(43)32(30)41)35(47)45-17-21-4-1-5-23(14-21)24-6-2-7-25(15-24)38-50-26(19-52-36-27(37(48)49)8-3-13-44-36)16-28(51-38)22-11-9-20(18-46)10-12-22/h1-15,26,28,38,46H,16-19H2,(H,45,47)(H,48,49)/t26-,28+,38+/m0/s1. The molecule has 1 fully saturated rings. The largest absolute Gasteiger partial charge is 0.478 e. The number of hydrogen-bond acceptors (Lipinski definition) is 7. The van der Waals surface area contributed by atoms with Crippen molar-refractivity contribution < 1.29 is 51.2 Å². The van der Waals surface area contributed by atoms with E-state index in [4.69, 9.17) is 9.47 Å². The summed E-state index contributed by atoms with van der Waals surface area (Å²) in [5.41, 5.74) is 2.65. The number of aliphatic hydroxyl groups excluding tert-OH is 1. The van der Waals surface area contributed by atoms with Gasteiger partial charge in [0.2, 0.25) is 5.82 Å². The van der Waals surface area contributed by atoms with Gasteiger partial charge in [-0.15, -0.1) is 11.8 Å². The Hall–Kier alpha value is -5.15. The quantitative estimate of drug-likeness (QED) is 0.0543. The molecule has 1 amide bonds. The molecule has 0 saturated carbocycles. The topological polar surface area (TPSA) is 118 Å². The minimum absolute atomic E-state index is 0.0827. The molecule has 0 unspecified atom stereocenters. The number of carbonyl (C=O) groups excluding carboxylic acids is 1. The number of carbonyl (C=O) groups is 2. The zero-order valence-corrected chi connectivity index (χ0v) is 27.8. The average Bonchev–Trinajstić information content (AvgIpc) is 3.18. The molecule has 0 spiro atoms. The minimum atomic E-state index is -2.36. The third-order valence-corrected chi connectivity index (χ3v) is 9.47. The highest BCUT2D eigenvalue weighted by molar-refractivity contribution is 7.99. The second-order valence-corrected chi connectivity index (χ2v) is 12.8. The van der Waals surface area contributed by atoms with Crippen molar-refractivity contribution in [2.45, 2.75) is 43.1 Å². The van der Waals surface area contributed by atoms with Gasteiger partial charge >= 0.3 is 5.97 Å². The van der Waals surface area contributed by atoms with E-state index < -0.39 is 58.9 Å². The minimum Gasteiger partial charge on any atom is -0.478 e. The van der Waals surface area contributed by atoms with Gasteiger partial charge in [0.05, 0.1) is 24.4 Å². The summed E-state index contributed by atoms with van der Waals surface area (Å²) in [4.78, 5) is 28.5. The van der Waals surface area contributed by atoms with Crippen molar-refractivity contribution in [3.05, 3.63) is 154 Å². The molecule has 5 aromatic rings. The van der Waals surface area contributed by atoms with E-state index in [1.165, 1.54) is 24.0 Å². The van der Waals surface area contributed by atoms with Crippen LogP contribution >= 0.6 is 11.8 Å². The first-order chi connectivity index (χ1) is 25.0. The molecule has 0 aliphatic carbocycles. The van der Waals surface area contributed by atoms with Crippen molar-refractivity contribution in [1.29, 1.82) is 0 Å². The highest BCUT2D eigenvalue weighted by atomic mass is 32.2. The summed E-state index contributed by atoms with van der Waals surface area (Å²) >= 11 is 1.26. The summed E-state index contributed by atoms with van der Waals surface area (Å²) in [7, 11) is 0. The molecule has 2 heterocycles. The van der Waals surface area contributed by atoms with Gasteiger partial charge in [0, 0.05) is 30.5 Å². The van der Waals surface area contributed by atoms with Crippen molar-refractivity contribution in [3.8, 4) is 11.1 Å². The highest BCUT2D eigenvalue weighted by Gasteiger charge is 2.33. The van der Waals surface area contributed by atoms with Crippen LogP contribution in [0.5, 0.6) is 0 Å². The maximum atomic E-state index is 14.2. The third-order valence-electron chi connectivity index (χ3n) is 8.33. The Labute approximate surface area is 298 Å². The molecule has 0 radical (unpaired) electrons. The normalized spacial score (nSPS) is 17.2. The zero-order valence-electron chi connectivity index (χ0n) is 27.0. The average molecular weight is 737 g/mol. The number of carboxylic acids is 1. The molecule has 268 valence electrons. The van der Waals surface area contributed by atoms with Crippen LogP contribution in [0, 0.1) is 29.1 Å². The Morgan fingerprint density at radius 3 is 2.15 bits per heavy atom. The van der Waals surface area contributed by atoms with Crippen LogP contribution in [0.25, 0.3) is 11.1 Å². The lowest BCUT2D eigenvalue weighted by Crippen LogP contribution is -2.31. The van der Waals surface area contributed by atoms with Crippen LogP contribution in [0.15, 0.2) is 96.2 Å². The smallest absolute Gasteiger partial charge is 0.338 e. The van der Waals surface area contributed by atoms with E-state index in [2.05, 4.69) is 10.3 Å². The van der Waals surface area contributed by atoms with E-state index in [9.17, 15) is 41.8 Å². The van der Waals surface area contributed by atoms with E-state index in [0.717, 1.165) is 16.7 Å². The second kappa shape index (κ2) is 16.0. The number of aromatic carboxylic acids is 1. The molecule has 8 nitrogen and oxygen atoms in total. The van der Waals surface area contributed by atoms with E-state index in [0.29, 0.717) is 33.9 Å². The first kappa shape index (κ1) is 36.6. The van der Waals surface area contributed by atoms with E-state index in [-0.39, 0.29) is 24.8 Å². The van der Waals surface area contributed by atoms with Crippen molar-refractivity contribution in [2.24, 2.45) is 0 Å². The highest BCUT2D eigenvalue weighted by Crippen LogP contribution is 2.40. The lowest BCUT2D eigenvalue weighted by Gasteiger charge is -2.36. The van der Waals surface area contributed by atoms with Crippen molar-refractivity contribution >= 4 is 23.6 Å². The molecule has 6 rings (SSSR count). The summed E-state index contributed by atoms with van der Waals surface area (Å²) in [6.45, 7) is -0.394. The Bertz CT molecular complexity index is 2090. The second-order valence-electron chi connectivity index (χ2n) is 11.8. The van der Waals surface area contributed by atoms with Crippen molar-refractivity contribution in [2.75, 3.05) is 5.75 Å². The molecule has 1 aliphatic heterocycles. The number of nitrogens with zero attached hydrogens (tertiary/aromatic N) is 1. The van der Waals surface area contributed by atoms with Crippen LogP contribution in [-0.2, 0) is 22.6 Å². The first-order valence-corrected chi connectivity index (χ1v) is 16.8. The summed E-state index contributed by atoms with van der Waals surface area (Å²) in [5, 5.41) is 21.7. The van der Waals surface area contributed by atoms with Gasteiger partial charge in [-0.1, -0.05) is 60.7 Å². The molecule has 1 saturated heterocycles. The third kappa shape index (κ3) is 8.00. The van der Waals surface area contributed by atoms with E-state index in [1.807, 2.05) is 30.3 Å². The van der Waals surface area contributed by atoms with Gasteiger partial charge in [-0.25, -0.2) is 31.7 Å². The number of halogens is 5. The van der Waals surface area contributed by atoms with Crippen LogP contribution in [-0.4, -0.2) is 38.9 Å². The number of rotatable bonds is 11. The van der Waals surface area contributed by atoms with Crippen LogP contribution in [0.3, 0.4) is 0 Å². The summed E-state index contributed by atoms with van der Waals surface area (Å²) in [6, 6.07) is 24.5. The number of hydrogen-bond donors (Lipinski definition) is 3. The van der Waals surface area contributed by atoms with Gasteiger partial charge in [-0.05, 0) is 52.1 Å².